The van der Waals surface area contributed by atoms with Gasteiger partial charge < -0.3 is 10.1 Å². The Morgan fingerprint density at radius 2 is 2.05 bits per heavy atom. The van der Waals surface area contributed by atoms with Crippen LogP contribution in [-0.2, 0) is 9.53 Å². The van der Waals surface area contributed by atoms with Crippen molar-refractivity contribution in [3.63, 3.8) is 0 Å². The number of ether oxygens (including phenoxy) is 1. The number of pyridine rings is 1. The minimum atomic E-state index is -4.62. The summed E-state index contributed by atoms with van der Waals surface area (Å²) in [6.07, 6.45) is -3.37. The topological polar surface area (TPSA) is 51.2 Å². The van der Waals surface area contributed by atoms with Gasteiger partial charge in [0.05, 0.1) is 17.7 Å². The molecule has 4 nitrogen and oxygen atoms in total. The lowest BCUT2D eigenvalue weighted by Crippen LogP contribution is -2.46. The average Bonchev–Trinajstić information content (AvgIpc) is 2.35. The van der Waals surface area contributed by atoms with Gasteiger partial charge in [-0.05, 0) is 26.0 Å². The lowest BCUT2D eigenvalue weighted by molar-refractivity contribution is -0.167. The molecule has 0 bridgehead atoms. The van der Waals surface area contributed by atoms with E-state index in [4.69, 9.17) is 4.74 Å². The molecule has 1 aromatic heterocycles. The van der Waals surface area contributed by atoms with E-state index >= 15 is 0 Å². The molecule has 0 saturated carbocycles. The largest absolute Gasteiger partial charge is 0.414 e. The second-order valence-corrected chi connectivity index (χ2v) is 5.02. The molecule has 1 heterocycles. The fourth-order valence-electron chi connectivity index (χ4n) is 1.62. The summed E-state index contributed by atoms with van der Waals surface area (Å²) in [6.45, 7) is 3.04. The van der Waals surface area contributed by atoms with Crippen molar-refractivity contribution in [3.8, 4) is 0 Å². The Hall–Kier alpha value is -1.63. The smallest absolute Gasteiger partial charge is 0.384 e. The highest BCUT2D eigenvalue weighted by molar-refractivity contribution is 5.82. The molecule has 0 aliphatic heterocycles. The van der Waals surface area contributed by atoms with Gasteiger partial charge in [0.2, 0.25) is 5.91 Å². The maximum absolute atomic E-state index is 13.1. The molecule has 0 radical (unpaired) electrons. The van der Waals surface area contributed by atoms with Crippen LogP contribution in [0.2, 0.25) is 0 Å². The van der Waals surface area contributed by atoms with Crippen molar-refractivity contribution in [3.05, 3.63) is 30.1 Å². The summed E-state index contributed by atoms with van der Waals surface area (Å²) in [5.74, 6) is -0.743. The zero-order chi connectivity index (χ0) is 15.4. The highest BCUT2D eigenvalue weighted by Crippen LogP contribution is 2.32. The fourth-order valence-corrected chi connectivity index (χ4v) is 1.62. The van der Waals surface area contributed by atoms with Crippen molar-refractivity contribution < 1.29 is 22.7 Å². The first kappa shape index (κ1) is 16.4. The van der Waals surface area contributed by atoms with E-state index in [0.717, 1.165) is 0 Å². The average molecular weight is 290 g/mol. The Labute approximate surface area is 115 Å². The Morgan fingerprint density at radius 3 is 2.50 bits per heavy atom. The minimum absolute atomic E-state index is 0.0195. The fraction of sp³-hybridized carbons (Fsp3) is 0.538. The number of nitrogens with zero attached hydrogens (tertiary/aromatic N) is 1. The highest BCUT2D eigenvalue weighted by Gasteiger charge is 2.44. The molecule has 1 atom stereocenters. The third-order valence-corrected chi connectivity index (χ3v) is 2.71. The molecule has 0 saturated heterocycles. The van der Waals surface area contributed by atoms with Crippen LogP contribution in [0.3, 0.4) is 0 Å². The van der Waals surface area contributed by atoms with Gasteiger partial charge in [0.15, 0.2) is 6.04 Å². The van der Waals surface area contributed by atoms with Crippen LogP contribution in [0.1, 0.15) is 25.6 Å². The van der Waals surface area contributed by atoms with Crippen LogP contribution in [0.25, 0.3) is 0 Å². The Morgan fingerprint density at radius 1 is 1.40 bits per heavy atom. The standard InChI is InChI=1S/C13H17F3N2O2/c1-12(2,8-20-3)11(19)18-10(13(14,15)16)9-6-4-5-7-17-9/h4-7,10H,8H2,1-3H3,(H,18,19). The van der Waals surface area contributed by atoms with Crippen LogP contribution in [-0.4, -0.2) is 30.8 Å². The predicted octanol–water partition coefficient (Wildman–Crippen LogP) is 2.47. The lowest BCUT2D eigenvalue weighted by atomic mass is 9.93. The summed E-state index contributed by atoms with van der Waals surface area (Å²) in [6, 6.07) is 2.04. The van der Waals surface area contributed by atoms with E-state index in [1.807, 2.05) is 5.32 Å². The normalized spacial score (nSPS) is 13.9. The Bertz CT molecular complexity index is 447. The van der Waals surface area contributed by atoms with Gasteiger partial charge in [-0.2, -0.15) is 13.2 Å². The predicted molar refractivity (Wildman–Crippen MR) is 66.8 cm³/mol. The number of rotatable bonds is 5. The van der Waals surface area contributed by atoms with E-state index in [9.17, 15) is 18.0 Å². The zero-order valence-electron chi connectivity index (χ0n) is 11.5. The second kappa shape index (κ2) is 6.21. The van der Waals surface area contributed by atoms with Crippen LogP contribution in [0.15, 0.2) is 24.4 Å². The quantitative estimate of drug-likeness (QED) is 0.906. The number of nitrogens with one attached hydrogen (secondary N) is 1. The van der Waals surface area contributed by atoms with E-state index in [1.54, 1.807) is 0 Å². The monoisotopic (exact) mass is 290 g/mol. The van der Waals surface area contributed by atoms with E-state index in [2.05, 4.69) is 4.98 Å². The second-order valence-electron chi connectivity index (χ2n) is 5.02. The first-order valence-corrected chi connectivity index (χ1v) is 5.96. The van der Waals surface area contributed by atoms with Crippen LogP contribution < -0.4 is 5.32 Å². The molecule has 1 aromatic rings. The van der Waals surface area contributed by atoms with Crippen molar-refractivity contribution >= 4 is 5.91 Å². The number of aromatic nitrogens is 1. The number of alkyl halides is 3. The van der Waals surface area contributed by atoms with Crippen molar-refractivity contribution in [1.82, 2.24) is 10.3 Å². The number of halogens is 3. The maximum atomic E-state index is 13.1. The van der Waals surface area contributed by atoms with Gasteiger partial charge in [0.1, 0.15) is 0 Å². The molecule has 0 aliphatic rings. The summed E-state index contributed by atoms with van der Waals surface area (Å²) < 4.78 is 44.0. The number of carbonyl (C=O) groups is 1. The Balaban J connectivity index is 2.96. The van der Waals surface area contributed by atoms with Crippen molar-refractivity contribution in [2.24, 2.45) is 5.41 Å². The summed E-state index contributed by atoms with van der Waals surface area (Å²) in [5, 5.41) is 1.99. The molecule has 0 aromatic carbocycles. The molecule has 1 rings (SSSR count). The van der Waals surface area contributed by atoms with Gasteiger partial charge in [-0.3, -0.25) is 9.78 Å². The minimum Gasteiger partial charge on any atom is -0.384 e. The number of hydrogen-bond acceptors (Lipinski definition) is 3. The first-order chi connectivity index (χ1) is 9.18. The number of carbonyl (C=O) groups excluding carboxylic acids is 1. The third-order valence-electron chi connectivity index (χ3n) is 2.71. The molecule has 0 aliphatic carbocycles. The van der Waals surface area contributed by atoms with E-state index in [-0.39, 0.29) is 12.3 Å². The van der Waals surface area contributed by atoms with Crippen LogP contribution >= 0.6 is 0 Å². The molecule has 1 amide bonds. The SMILES string of the molecule is COCC(C)(C)C(=O)NC(c1ccccn1)C(F)(F)F. The number of amides is 1. The molecule has 1 N–H and O–H groups in total. The lowest BCUT2D eigenvalue weighted by Gasteiger charge is -2.27. The van der Waals surface area contributed by atoms with Crippen LogP contribution in [0, 0.1) is 5.41 Å². The zero-order valence-corrected chi connectivity index (χ0v) is 11.5. The van der Waals surface area contributed by atoms with Crippen molar-refractivity contribution in [1.29, 1.82) is 0 Å². The van der Waals surface area contributed by atoms with Gasteiger partial charge in [-0.15, -0.1) is 0 Å². The first-order valence-electron chi connectivity index (χ1n) is 5.96. The Kier molecular flexibility index (Phi) is 5.10. The van der Waals surface area contributed by atoms with Crippen molar-refractivity contribution in [2.45, 2.75) is 26.1 Å². The highest BCUT2D eigenvalue weighted by atomic mass is 19.4. The van der Waals surface area contributed by atoms with Gasteiger partial charge in [0, 0.05) is 13.3 Å². The van der Waals surface area contributed by atoms with Gasteiger partial charge in [-0.1, -0.05) is 6.07 Å². The number of methoxy groups -OCH3 is 1. The van der Waals surface area contributed by atoms with Gasteiger partial charge in [0.25, 0.3) is 0 Å². The molecule has 112 valence electrons. The summed E-state index contributed by atoms with van der Waals surface area (Å²) in [5.41, 5.74) is -1.31. The van der Waals surface area contributed by atoms with Gasteiger partial charge in [-0.25, -0.2) is 0 Å². The maximum Gasteiger partial charge on any atom is 0.414 e. The summed E-state index contributed by atoms with van der Waals surface area (Å²) >= 11 is 0. The third kappa shape index (κ3) is 4.19. The molecule has 20 heavy (non-hydrogen) atoms. The molecular formula is C13H17F3N2O2. The summed E-state index contributed by atoms with van der Waals surface area (Å²) in [4.78, 5) is 15.6. The van der Waals surface area contributed by atoms with Crippen molar-refractivity contribution in [2.75, 3.05) is 13.7 Å². The molecule has 1 unspecified atom stereocenters. The van der Waals surface area contributed by atoms with E-state index in [0.29, 0.717) is 0 Å². The van der Waals surface area contributed by atoms with Crippen LogP contribution in [0.4, 0.5) is 13.2 Å². The molecule has 0 spiro atoms. The van der Waals surface area contributed by atoms with E-state index in [1.165, 1.54) is 45.4 Å². The van der Waals surface area contributed by atoms with Crippen LogP contribution in [0.5, 0.6) is 0 Å². The van der Waals surface area contributed by atoms with E-state index < -0.39 is 23.5 Å². The summed E-state index contributed by atoms with van der Waals surface area (Å²) in [7, 11) is 1.38. The molecular weight excluding hydrogens is 273 g/mol. The van der Waals surface area contributed by atoms with Gasteiger partial charge >= 0.3 is 6.18 Å². The molecule has 7 heteroatoms. The molecule has 0 fully saturated rings. The number of hydrogen-bond donors (Lipinski definition) is 1.